The van der Waals surface area contributed by atoms with Gasteiger partial charge < -0.3 is 9.47 Å². The van der Waals surface area contributed by atoms with E-state index in [9.17, 15) is 31.1 Å². The van der Waals surface area contributed by atoms with Crippen LogP contribution in [-0.4, -0.2) is 36.9 Å². The van der Waals surface area contributed by atoms with Crippen LogP contribution in [-0.2, 0) is 36.8 Å². The van der Waals surface area contributed by atoms with Crippen molar-refractivity contribution in [1.82, 2.24) is 19.2 Å². The third-order valence-electron chi connectivity index (χ3n) is 6.79. The number of aliphatic imine (C=N–C) groups is 1. The smallest absolute Gasteiger partial charge is 0.348 e. The molecule has 0 saturated heterocycles. The van der Waals surface area contributed by atoms with Crippen LogP contribution >= 0.6 is 11.8 Å². The van der Waals surface area contributed by atoms with Gasteiger partial charge in [-0.3, -0.25) is 9.48 Å². The fourth-order valence-electron chi connectivity index (χ4n) is 4.80. The number of halogens is 6. The summed E-state index contributed by atoms with van der Waals surface area (Å²) in [7, 11) is 0. The average molecular weight is 576 g/mol. The van der Waals surface area contributed by atoms with E-state index in [1.807, 2.05) is 18.3 Å². The highest BCUT2D eigenvalue weighted by molar-refractivity contribution is 8.18. The summed E-state index contributed by atoms with van der Waals surface area (Å²) < 4.78 is 83.3. The van der Waals surface area contributed by atoms with Crippen LogP contribution in [0.25, 0.3) is 17.0 Å². The van der Waals surface area contributed by atoms with E-state index in [-0.39, 0.29) is 24.1 Å². The minimum atomic E-state index is -4.97. The summed E-state index contributed by atoms with van der Waals surface area (Å²) >= 11 is 1.29. The molecule has 2 aromatic heterocycles. The monoisotopic (exact) mass is 575 g/mol. The number of hydrogen-bond acceptors (Lipinski definition) is 4. The number of carbonyl (C=O) groups is 1. The second-order valence-corrected chi connectivity index (χ2v) is 10.4. The van der Waals surface area contributed by atoms with Crippen LogP contribution in [0.15, 0.2) is 70.8 Å². The van der Waals surface area contributed by atoms with Crippen LogP contribution in [0, 0.1) is 0 Å². The molecule has 0 fully saturated rings. The van der Waals surface area contributed by atoms with Crippen molar-refractivity contribution in [1.29, 1.82) is 0 Å². The number of benzene rings is 2. The second-order valence-electron chi connectivity index (χ2n) is 9.41. The van der Waals surface area contributed by atoms with Crippen molar-refractivity contribution in [3.63, 3.8) is 0 Å². The molecule has 4 heterocycles. The zero-order valence-electron chi connectivity index (χ0n) is 20.5. The SMILES string of the molecule is O=C1N=C(N2CCn3cccc3C2)S/C1=C\c1ccc2c(cnn2Cc2ccc(C(F)(F)F)cc2C(F)(F)F)c1. The van der Waals surface area contributed by atoms with Crippen molar-refractivity contribution < 1.29 is 31.1 Å². The zero-order chi connectivity index (χ0) is 28.2. The fourth-order valence-corrected chi connectivity index (χ4v) is 5.74. The van der Waals surface area contributed by atoms with Crippen LogP contribution in [0.2, 0.25) is 0 Å². The van der Waals surface area contributed by atoms with E-state index in [1.165, 1.54) is 22.6 Å². The summed E-state index contributed by atoms with van der Waals surface area (Å²) in [6.45, 7) is 1.81. The number of rotatable bonds is 3. The summed E-state index contributed by atoms with van der Waals surface area (Å²) in [6.07, 6.45) is -4.69. The molecule has 2 aliphatic rings. The van der Waals surface area contributed by atoms with Gasteiger partial charge in [0.15, 0.2) is 5.17 Å². The molecule has 0 saturated carbocycles. The normalized spacial score (nSPS) is 17.1. The molecule has 0 aliphatic carbocycles. The molecular weight excluding hydrogens is 556 g/mol. The molecule has 0 radical (unpaired) electrons. The Kier molecular flexibility index (Phi) is 6.28. The van der Waals surface area contributed by atoms with E-state index in [0.29, 0.717) is 39.2 Å². The number of alkyl halides is 6. The van der Waals surface area contributed by atoms with Gasteiger partial charge in [0.1, 0.15) is 0 Å². The summed E-state index contributed by atoms with van der Waals surface area (Å²) in [6, 6.07) is 10.7. The number of thioether (sulfide) groups is 1. The maximum Gasteiger partial charge on any atom is 0.416 e. The van der Waals surface area contributed by atoms with Gasteiger partial charge in [0.05, 0.1) is 40.8 Å². The molecule has 0 unspecified atom stereocenters. The molecule has 0 spiro atoms. The van der Waals surface area contributed by atoms with Crippen molar-refractivity contribution >= 4 is 39.8 Å². The topological polar surface area (TPSA) is 55.4 Å². The maximum atomic E-state index is 13.6. The van der Waals surface area contributed by atoms with Crippen molar-refractivity contribution in [2.45, 2.75) is 32.0 Å². The van der Waals surface area contributed by atoms with Crippen LogP contribution in [0.3, 0.4) is 0 Å². The summed E-state index contributed by atoms with van der Waals surface area (Å²) in [4.78, 5) is 19.3. The predicted molar refractivity (Wildman–Crippen MR) is 138 cm³/mol. The zero-order valence-corrected chi connectivity index (χ0v) is 21.3. The predicted octanol–water partition coefficient (Wildman–Crippen LogP) is 6.41. The molecule has 1 amide bonds. The molecule has 40 heavy (non-hydrogen) atoms. The standard InChI is InChI=1S/C27H19F6N5OS/c28-26(29,30)19-5-4-17(21(12-19)27(31,32)33)14-38-22-6-3-16(10-18(22)13-34-38)11-23-24(39)35-25(40-23)37-9-8-36-7-1-2-20(36)15-37/h1-7,10-13H,8-9,14-15H2/b23-11-. The van der Waals surface area contributed by atoms with Gasteiger partial charge >= 0.3 is 12.4 Å². The summed E-state index contributed by atoms with van der Waals surface area (Å²) in [5, 5.41) is 5.40. The average Bonchev–Trinajstić information content (AvgIpc) is 3.61. The first-order valence-corrected chi connectivity index (χ1v) is 12.9. The largest absolute Gasteiger partial charge is 0.416 e. The molecule has 4 aromatic rings. The number of nitrogens with zero attached hydrogens (tertiary/aromatic N) is 5. The summed E-state index contributed by atoms with van der Waals surface area (Å²) in [5.41, 5.74) is -0.749. The van der Waals surface area contributed by atoms with Crippen LogP contribution in [0.5, 0.6) is 0 Å². The maximum absolute atomic E-state index is 13.6. The minimum Gasteiger partial charge on any atom is -0.348 e. The lowest BCUT2D eigenvalue weighted by Crippen LogP contribution is -2.35. The number of amides is 1. The van der Waals surface area contributed by atoms with E-state index in [0.717, 1.165) is 24.8 Å². The number of carbonyl (C=O) groups excluding carboxylic acids is 1. The van der Waals surface area contributed by atoms with Crippen molar-refractivity contribution in [2.24, 2.45) is 4.99 Å². The molecule has 2 aliphatic heterocycles. The van der Waals surface area contributed by atoms with Crippen molar-refractivity contribution in [2.75, 3.05) is 6.54 Å². The van der Waals surface area contributed by atoms with Gasteiger partial charge in [0, 0.05) is 30.4 Å². The Morgan fingerprint density at radius 3 is 2.58 bits per heavy atom. The molecule has 0 N–H and O–H groups in total. The molecule has 2 aromatic carbocycles. The highest BCUT2D eigenvalue weighted by Crippen LogP contribution is 2.38. The highest BCUT2D eigenvalue weighted by Gasteiger charge is 2.38. The van der Waals surface area contributed by atoms with Gasteiger partial charge in [-0.15, -0.1) is 0 Å². The molecule has 6 nitrogen and oxygen atoms in total. The number of fused-ring (bicyclic) bond motifs is 2. The Morgan fingerprint density at radius 1 is 0.975 bits per heavy atom. The molecule has 13 heteroatoms. The Balaban J connectivity index is 1.22. The third kappa shape index (κ3) is 5.01. The van der Waals surface area contributed by atoms with E-state index in [2.05, 4.69) is 19.6 Å². The Labute approximate surface area is 227 Å². The first kappa shape index (κ1) is 26.2. The molecule has 0 bridgehead atoms. The van der Waals surface area contributed by atoms with E-state index in [1.54, 1.807) is 24.3 Å². The Hall–Kier alpha value is -4.00. The molecular formula is C27H19F6N5OS. The number of hydrogen-bond donors (Lipinski definition) is 0. The van der Waals surface area contributed by atoms with Gasteiger partial charge in [0.2, 0.25) is 0 Å². The number of amidine groups is 1. The fraction of sp³-hybridized carbons (Fsp3) is 0.222. The van der Waals surface area contributed by atoms with Gasteiger partial charge in [0.25, 0.3) is 5.91 Å². The number of aromatic nitrogens is 3. The van der Waals surface area contributed by atoms with Gasteiger partial charge in [-0.1, -0.05) is 12.1 Å². The second kappa shape index (κ2) is 9.58. The molecule has 0 atom stereocenters. The lowest BCUT2D eigenvalue weighted by molar-refractivity contribution is -0.143. The van der Waals surface area contributed by atoms with E-state index in [4.69, 9.17) is 0 Å². The van der Waals surface area contributed by atoms with E-state index >= 15 is 0 Å². The lowest BCUT2D eigenvalue weighted by Gasteiger charge is -2.29. The molecule has 206 valence electrons. The Morgan fingerprint density at radius 2 is 1.80 bits per heavy atom. The van der Waals surface area contributed by atoms with Gasteiger partial charge in [-0.25, -0.2) is 0 Å². The van der Waals surface area contributed by atoms with Crippen LogP contribution < -0.4 is 0 Å². The Bertz CT molecular complexity index is 1700. The van der Waals surface area contributed by atoms with Gasteiger partial charge in [-0.2, -0.15) is 36.4 Å². The van der Waals surface area contributed by atoms with Crippen LogP contribution in [0.4, 0.5) is 26.3 Å². The van der Waals surface area contributed by atoms with E-state index < -0.39 is 23.5 Å². The van der Waals surface area contributed by atoms with Crippen molar-refractivity contribution in [3.05, 3.63) is 93.8 Å². The lowest BCUT2D eigenvalue weighted by atomic mass is 10.0. The third-order valence-corrected chi connectivity index (χ3v) is 7.84. The quantitative estimate of drug-likeness (QED) is 0.209. The summed E-state index contributed by atoms with van der Waals surface area (Å²) in [5.74, 6) is -0.348. The highest BCUT2D eigenvalue weighted by atomic mass is 32.2. The first-order valence-electron chi connectivity index (χ1n) is 12.1. The molecule has 6 rings (SSSR count). The van der Waals surface area contributed by atoms with Gasteiger partial charge in [-0.05, 0) is 65.4 Å². The minimum absolute atomic E-state index is 0.124. The first-order chi connectivity index (χ1) is 19.0. The van der Waals surface area contributed by atoms with Crippen molar-refractivity contribution in [3.8, 4) is 0 Å². The van der Waals surface area contributed by atoms with Crippen LogP contribution in [0.1, 0.15) is 27.9 Å².